The van der Waals surface area contributed by atoms with Crippen LogP contribution in [0, 0.1) is 0 Å². The number of hydrogen-bond acceptors (Lipinski definition) is 4. The van der Waals surface area contributed by atoms with Crippen molar-refractivity contribution in [3.63, 3.8) is 0 Å². The number of piperidine rings is 1. The summed E-state index contributed by atoms with van der Waals surface area (Å²) in [6.07, 6.45) is 2.68. The van der Waals surface area contributed by atoms with Gasteiger partial charge in [-0.2, -0.15) is 5.10 Å². The maximum Gasteiger partial charge on any atom is 0.278 e. The molecule has 0 spiro atoms. The van der Waals surface area contributed by atoms with Crippen molar-refractivity contribution < 1.29 is 13.2 Å². The SMILES string of the molecule is CN(C(=O)c1cc(C2CCN(S(C)(=O)=O)CC2)[nH]n1)c1ccccc1. The third-order valence-corrected chi connectivity index (χ3v) is 5.93. The maximum absolute atomic E-state index is 12.6. The zero-order chi connectivity index (χ0) is 18.0. The fourth-order valence-corrected chi connectivity index (χ4v) is 3.97. The summed E-state index contributed by atoms with van der Waals surface area (Å²) in [6, 6.07) is 11.2. The van der Waals surface area contributed by atoms with Gasteiger partial charge >= 0.3 is 0 Å². The second-order valence-electron chi connectivity index (χ2n) is 6.34. The highest BCUT2D eigenvalue weighted by Gasteiger charge is 2.27. The molecule has 0 unspecified atom stereocenters. The summed E-state index contributed by atoms with van der Waals surface area (Å²) >= 11 is 0. The second kappa shape index (κ2) is 6.97. The molecule has 2 aromatic rings. The molecule has 25 heavy (non-hydrogen) atoms. The molecule has 0 atom stereocenters. The van der Waals surface area contributed by atoms with Crippen molar-refractivity contribution in [1.29, 1.82) is 0 Å². The van der Waals surface area contributed by atoms with E-state index >= 15 is 0 Å². The number of amides is 1. The van der Waals surface area contributed by atoms with Crippen LogP contribution in [0.4, 0.5) is 5.69 Å². The molecular weight excluding hydrogens is 340 g/mol. The van der Waals surface area contributed by atoms with Gasteiger partial charge in [-0.05, 0) is 31.0 Å². The Hall–Kier alpha value is -2.19. The molecule has 134 valence electrons. The van der Waals surface area contributed by atoms with Gasteiger partial charge in [0.25, 0.3) is 5.91 Å². The number of aromatic amines is 1. The number of carbonyl (C=O) groups is 1. The minimum absolute atomic E-state index is 0.178. The third-order valence-electron chi connectivity index (χ3n) is 4.63. The summed E-state index contributed by atoms with van der Waals surface area (Å²) in [4.78, 5) is 14.1. The highest BCUT2D eigenvalue weighted by Crippen LogP contribution is 2.28. The molecule has 1 aliphatic heterocycles. The Morgan fingerprint density at radius 3 is 2.48 bits per heavy atom. The van der Waals surface area contributed by atoms with Gasteiger partial charge in [0, 0.05) is 37.4 Å². The Labute approximate surface area is 147 Å². The van der Waals surface area contributed by atoms with Crippen LogP contribution in [0.15, 0.2) is 36.4 Å². The smallest absolute Gasteiger partial charge is 0.278 e. The molecule has 1 aromatic heterocycles. The van der Waals surface area contributed by atoms with E-state index in [1.54, 1.807) is 18.0 Å². The molecule has 7 nitrogen and oxygen atoms in total. The molecule has 1 fully saturated rings. The normalized spacial score (nSPS) is 16.7. The molecule has 0 bridgehead atoms. The largest absolute Gasteiger partial charge is 0.310 e. The number of rotatable bonds is 4. The van der Waals surface area contributed by atoms with Crippen LogP contribution in [0.25, 0.3) is 0 Å². The predicted molar refractivity (Wildman–Crippen MR) is 96.2 cm³/mol. The van der Waals surface area contributed by atoms with Gasteiger partial charge in [-0.1, -0.05) is 18.2 Å². The van der Waals surface area contributed by atoms with E-state index in [0.717, 1.165) is 24.2 Å². The van der Waals surface area contributed by atoms with Gasteiger partial charge in [-0.25, -0.2) is 12.7 Å². The first-order valence-electron chi connectivity index (χ1n) is 8.20. The van der Waals surface area contributed by atoms with Gasteiger partial charge in [0.15, 0.2) is 5.69 Å². The van der Waals surface area contributed by atoms with Gasteiger partial charge in [-0.15, -0.1) is 0 Å². The van der Waals surface area contributed by atoms with E-state index in [4.69, 9.17) is 0 Å². The van der Waals surface area contributed by atoms with Crippen LogP contribution in [0.2, 0.25) is 0 Å². The molecule has 1 saturated heterocycles. The van der Waals surface area contributed by atoms with Crippen molar-refractivity contribution >= 4 is 21.6 Å². The second-order valence-corrected chi connectivity index (χ2v) is 8.33. The molecular formula is C17H22N4O3S. The zero-order valence-electron chi connectivity index (χ0n) is 14.3. The van der Waals surface area contributed by atoms with E-state index in [2.05, 4.69) is 10.2 Å². The Balaban J connectivity index is 1.68. The molecule has 0 aliphatic carbocycles. The molecule has 0 radical (unpaired) electrons. The van der Waals surface area contributed by atoms with Crippen LogP contribution < -0.4 is 4.90 Å². The van der Waals surface area contributed by atoms with Gasteiger partial charge in [-0.3, -0.25) is 9.89 Å². The predicted octanol–water partition coefficient (Wildman–Crippen LogP) is 1.83. The van der Waals surface area contributed by atoms with Crippen molar-refractivity contribution in [2.75, 3.05) is 31.3 Å². The van der Waals surface area contributed by atoms with E-state index in [-0.39, 0.29) is 11.8 Å². The van der Waals surface area contributed by atoms with E-state index in [1.165, 1.54) is 10.6 Å². The number of nitrogens with zero attached hydrogens (tertiary/aromatic N) is 3. The Morgan fingerprint density at radius 1 is 1.24 bits per heavy atom. The standard InChI is InChI=1S/C17H22N4O3S/c1-20(14-6-4-3-5-7-14)17(22)16-12-15(18-19-16)13-8-10-21(11-9-13)25(2,23)24/h3-7,12-13H,8-11H2,1-2H3,(H,18,19). The molecule has 1 N–H and O–H groups in total. The van der Waals surface area contributed by atoms with Crippen molar-refractivity contribution in [3.05, 3.63) is 47.8 Å². The molecule has 2 heterocycles. The monoisotopic (exact) mass is 362 g/mol. The van der Waals surface area contributed by atoms with E-state index in [0.29, 0.717) is 18.8 Å². The summed E-state index contributed by atoms with van der Waals surface area (Å²) in [7, 11) is -1.42. The number of carbonyl (C=O) groups excluding carboxylic acids is 1. The van der Waals surface area contributed by atoms with Gasteiger partial charge in [0.05, 0.1) is 6.26 Å². The van der Waals surface area contributed by atoms with E-state index in [9.17, 15) is 13.2 Å². The molecule has 1 amide bonds. The minimum atomic E-state index is -3.13. The number of anilines is 1. The Morgan fingerprint density at radius 2 is 1.88 bits per heavy atom. The fourth-order valence-electron chi connectivity index (χ4n) is 3.09. The van der Waals surface area contributed by atoms with Gasteiger partial charge in [0.2, 0.25) is 10.0 Å². The van der Waals surface area contributed by atoms with Crippen LogP contribution in [0.5, 0.6) is 0 Å². The Bertz CT molecular complexity index is 840. The number of benzene rings is 1. The lowest BCUT2D eigenvalue weighted by Gasteiger charge is -2.29. The summed E-state index contributed by atoms with van der Waals surface area (Å²) in [5.74, 6) is 0.0105. The summed E-state index contributed by atoms with van der Waals surface area (Å²) in [5, 5.41) is 7.11. The average molecular weight is 362 g/mol. The third kappa shape index (κ3) is 3.91. The topological polar surface area (TPSA) is 86.4 Å². The van der Waals surface area contributed by atoms with Crippen molar-refractivity contribution in [1.82, 2.24) is 14.5 Å². The van der Waals surface area contributed by atoms with Crippen molar-refractivity contribution in [2.45, 2.75) is 18.8 Å². The number of hydrogen-bond donors (Lipinski definition) is 1. The molecule has 1 aliphatic rings. The van der Waals surface area contributed by atoms with Crippen molar-refractivity contribution in [2.24, 2.45) is 0 Å². The molecule has 1 aromatic carbocycles. The lowest BCUT2D eigenvalue weighted by Crippen LogP contribution is -2.37. The minimum Gasteiger partial charge on any atom is -0.310 e. The first-order valence-corrected chi connectivity index (χ1v) is 10.0. The van der Waals surface area contributed by atoms with E-state index in [1.807, 2.05) is 30.3 Å². The highest BCUT2D eigenvalue weighted by molar-refractivity contribution is 7.88. The lowest BCUT2D eigenvalue weighted by atomic mass is 9.94. The van der Waals surface area contributed by atoms with Crippen LogP contribution in [-0.2, 0) is 10.0 Å². The number of H-pyrrole nitrogens is 1. The number of nitrogens with one attached hydrogen (secondary N) is 1. The van der Waals surface area contributed by atoms with Crippen LogP contribution in [-0.4, -0.2) is 55.2 Å². The number of para-hydroxylation sites is 1. The van der Waals surface area contributed by atoms with E-state index < -0.39 is 10.0 Å². The van der Waals surface area contributed by atoms with Crippen LogP contribution in [0.3, 0.4) is 0 Å². The maximum atomic E-state index is 12.6. The molecule has 8 heteroatoms. The quantitative estimate of drug-likeness (QED) is 0.899. The summed E-state index contributed by atoms with van der Waals surface area (Å²) in [5.41, 5.74) is 2.06. The van der Waals surface area contributed by atoms with Crippen LogP contribution >= 0.6 is 0 Å². The van der Waals surface area contributed by atoms with Gasteiger partial charge < -0.3 is 4.90 Å². The number of sulfonamides is 1. The molecule has 3 rings (SSSR count). The first-order chi connectivity index (χ1) is 11.9. The average Bonchev–Trinajstić information content (AvgIpc) is 3.10. The summed E-state index contributed by atoms with van der Waals surface area (Å²) < 4.78 is 24.7. The fraction of sp³-hybridized carbons (Fsp3) is 0.412. The lowest BCUT2D eigenvalue weighted by molar-refractivity contribution is 0.0988. The highest BCUT2D eigenvalue weighted by atomic mass is 32.2. The summed E-state index contributed by atoms with van der Waals surface area (Å²) in [6.45, 7) is 0.992. The van der Waals surface area contributed by atoms with Crippen LogP contribution in [0.1, 0.15) is 34.9 Å². The Kier molecular flexibility index (Phi) is 4.91. The number of aromatic nitrogens is 2. The first kappa shape index (κ1) is 17.6. The zero-order valence-corrected chi connectivity index (χ0v) is 15.2. The van der Waals surface area contributed by atoms with Crippen molar-refractivity contribution in [3.8, 4) is 0 Å². The van der Waals surface area contributed by atoms with Gasteiger partial charge in [0.1, 0.15) is 0 Å². The molecule has 0 saturated carbocycles.